The second-order valence-electron chi connectivity index (χ2n) is 8.86. The van der Waals surface area contributed by atoms with Gasteiger partial charge >= 0.3 is 0 Å². The number of nitrogens with one attached hydrogen (secondary N) is 2. The largest absolute Gasteiger partial charge is 0.454 e. The van der Waals surface area contributed by atoms with E-state index in [0.717, 1.165) is 18.4 Å². The standard InChI is InChI=1S/C23H28N4O6S/c28-22(25-12-16-5-6-20-21(10-16)33-15-32-20)17-4-3-9-27(14-17)34(30,31)18-11-19(24-13-18)23(29)26-7-1-2-8-26/h5-6,10-11,13,17,24H,1-4,7-9,12,14-15H2,(H,25,28). The van der Waals surface area contributed by atoms with E-state index < -0.39 is 15.9 Å². The molecule has 0 spiro atoms. The first-order chi connectivity index (χ1) is 16.4. The molecule has 2 aromatic rings. The third kappa shape index (κ3) is 4.49. The molecule has 1 unspecified atom stereocenters. The van der Waals surface area contributed by atoms with Crippen LogP contribution in [0.3, 0.4) is 0 Å². The maximum Gasteiger partial charge on any atom is 0.270 e. The normalized spacial score (nSPS) is 20.5. The zero-order valence-electron chi connectivity index (χ0n) is 18.8. The quantitative estimate of drug-likeness (QED) is 0.639. The van der Waals surface area contributed by atoms with E-state index in [0.29, 0.717) is 50.5 Å². The van der Waals surface area contributed by atoms with Gasteiger partial charge in [0.1, 0.15) is 10.6 Å². The van der Waals surface area contributed by atoms with Gasteiger partial charge in [-0.05, 0) is 49.4 Å². The molecule has 0 saturated carbocycles. The van der Waals surface area contributed by atoms with Gasteiger partial charge in [0.05, 0.1) is 5.92 Å². The zero-order valence-corrected chi connectivity index (χ0v) is 19.6. The maximum absolute atomic E-state index is 13.2. The lowest BCUT2D eigenvalue weighted by atomic mass is 9.98. The summed E-state index contributed by atoms with van der Waals surface area (Å²) in [5.74, 6) is 0.520. The van der Waals surface area contributed by atoms with Gasteiger partial charge in [0.15, 0.2) is 11.5 Å². The highest BCUT2D eigenvalue weighted by atomic mass is 32.2. The summed E-state index contributed by atoms with van der Waals surface area (Å²) in [5, 5.41) is 2.91. The number of H-pyrrole nitrogens is 1. The van der Waals surface area contributed by atoms with Crippen molar-refractivity contribution < 1.29 is 27.5 Å². The number of rotatable bonds is 6. The van der Waals surface area contributed by atoms with Crippen LogP contribution in [0.2, 0.25) is 0 Å². The number of carbonyl (C=O) groups excluding carboxylic acids is 2. The molecule has 5 rings (SSSR count). The van der Waals surface area contributed by atoms with E-state index in [1.165, 1.54) is 16.6 Å². The summed E-state index contributed by atoms with van der Waals surface area (Å²) in [7, 11) is -3.82. The molecule has 0 bridgehead atoms. The minimum atomic E-state index is -3.82. The highest BCUT2D eigenvalue weighted by Gasteiger charge is 2.34. The molecule has 11 heteroatoms. The van der Waals surface area contributed by atoms with Gasteiger partial charge in [-0.2, -0.15) is 4.31 Å². The van der Waals surface area contributed by atoms with Crippen molar-refractivity contribution in [2.45, 2.75) is 37.1 Å². The number of likely N-dealkylation sites (tertiary alicyclic amines) is 1. The molecule has 2 saturated heterocycles. The van der Waals surface area contributed by atoms with Crippen LogP contribution in [-0.2, 0) is 21.4 Å². The maximum atomic E-state index is 13.2. The van der Waals surface area contributed by atoms with Gasteiger partial charge in [-0.25, -0.2) is 8.42 Å². The summed E-state index contributed by atoms with van der Waals surface area (Å²) in [6.45, 7) is 2.33. The first-order valence-corrected chi connectivity index (χ1v) is 13.0. The second-order valence-corrected chi connectivity index (χ2v) is 10.8. The number of amides is 2. The molecule has 2 fully saturated rings. The van der Waals surface area contributed by atoms with E-state index in [9.17, 15) is 18.0 Å². The van der Waals surface area contributed by atoms with E-state index in [1.807, 2.05) is 12.1 Å². The van der Waals surface area contributed by atoms with Crippen LogP contribution in [0, 0.1) is 5.92 Å². The summed E-state index contributed by atoms with van der Waals surface area (Å²) < 4.78 is 38.5. The van der Waals surface area contributed by atoms with Crippen LogP contribution in [-0.4, -0.2) is 67.4 Å². The molecular formula is C23H28N4O6S. The molecule has 10 nitrogen and oxygen atoms in total. The Labute approximate surface area is 198 Å². The number of nitrogens with zero attached hydrogens (tertiary/aromatic N) is 2. The van der Waals surface area contributed by atoms with E-state index in [2.05, 4.69) is 10.3 Å². The molecule has 182 valence electrons. The lowest BCUT2D eigenvalue weighted by Crippen LogP contribution is -2.45. The Hall–Kier alpha value is -3.05. The topological polar surface area (TPSA) is 121 Å². The zero-order chi connectivity index (χ0) is 23.7. The summed E-state index contributed by atoms with van der Waals surface area (Å²) in [6, 6.07) is 6.89. The van der Waals surface area contributed by atoms with E-state index in [1.54, 1.807) is 11.0 Å². The predicted octanol–water partition coefficient (Wildman–Crippen LogP) is 1.70. The van der Waals surface area contributed by atoms with Crippen LogP contribution in [0.1, 0.15) is 41.7 Å². The highest BCUT2D eigenvalue weighted by Crippen LogP contribution is 2.32. The minimum absolute atomic E-state index is 0.0523. The van der Waals surface area contributed by atoms with Gasteiger partial charge in [0, 0.05) is 38.9 Å². The van der Waals surface area contributed by atoms with Gasteiger partial charge in [-0.15, -0.1) is 0 Å². The Morgan fingerprint density at radius 1 is 1.06 bits per heavy atom. The number of ether oxygens (including phenoxy) is 2. The van der Waals surface area contributed by atoms with Crippen molar-refractivity contribution in [3.05, 3.63) is 41.7 Å². The Morgan fingerprint density at radius 3 is 2.68 bits per heavy atom. The Morgan fingerprint density at radius 2 is 1.85 bits per heavy atom. The fourth-order valence-electron chi connectivity index (χ4n) is 4.65. The third-order valence-corrected chi connectivity index (χ3v) is 8.42. The van der Waals surface area contributed by atoms with Crippen LogP contribution in [0.25, 0.3) is 0 Å². The molecule has 0 radical (unpaired) electrons. The molecule has 1 atom stereocenters. The Kier molecular flexibility index (Phi) is 6.22. The lowest BCUT2D eigenvalue weighted by Gasteiger charge is -2.31. The molecule has 3 aliphatic heterocycles. The third-order valence-electron chi connectivity index (χ3n) is 6.58. The predicted molar refractivity (Wildman–Crippen MR) is 122 cm³/mol. The SMILES string of the molecule is O=C(NCc1ccc2c(c1)OCO2)C1CCCN(S(=O)(=O)c2c[nH]c(C(=O)N3CCCC3)c2)C1. The average Bonchev–Trinajstić information content (AvgIpc) is 3.63. The van der Waals surface area contributed by atoms with Gasteiger partial charge in [0.25, 0.3) is 5.91 Å². The molecule has 2 amide bonds. The van der Waals surface area contributed by atoms with E-state index >= 15 is 0 Å². The number of piperidine rings is 1. The van der Waals surface area contributed by atoms with Gasteiger partial charge in [-0.3, -0.25) is 9.59 Å². The average molecular weight is 489 g/mol. The van der Waals surface area contributed by atoms with E-state index in [4.69, 9.17) is 9.47 Å². The lowest BCUT2D eigenvalue weighted by molar-refractivity contribution is -0.126. The number of fused-ring (bicyclic) bond motifs is 1. The number of aromatic nitrogens is 1. The second kappa shape index (κ2) is 9.30. The van der Waals surface area contributed by atoms with Crippen LogP contribution in [0.15, 0.2) is 35.4 Å². The van der Waals surface area contributed by atoms with Crippen molar-refractivity contribution in [1.29, 1.82) is 0 Å². The molecule has 0 aliphatic carbocycles. The summed E-state index contributed by atoms with van der Waals surface area (Å²) in [4.78, 5) is 30.0. The summed E-state index contributed by atoms with van der Waals surface area (Å²) in [5.41, 5.74) is 1.15. The van der Waals surface area contributed by atoms with Crippen LogP contribution >= 0.6 is 0 Å². The smallest absolute Gasteiger partial charge is 0.270 e. The highest BCUT2D eigenvalue weighted by molar-refractivity contribution is 7.89. The van der Waals surface area contributed by atoms with Crippen molar-refractivity contribution in [3.63, 3.8) is 0 Å². The van der Waals surface area contributed by atoms with E-state index in [-0.39, 0.29) is 35.7 Å². The van der Waals surface area contributed by atoms with Crippen molar-refractivity contribution in [1.82, 2.24) is 19.5 Å². The molecule has 1 aromatic heterocycles. The van der Waals surface area contributed by atoms with Crippen molar-refractivity contribution in [3.8, 4) is 11.5 Å². The molecule has 34 heavy (non-hydrogen) atoms. The number of carbonyl (C=O) groups is 2. The van der Waals surface area contributed by atoms with Gasteiger partial charge < -0.3 is 24.7 Å². The summed E-state index contributed by atoms with van der Waals surface area (Å²) >= 11 is 0. The first-order valence-electron chi connectivity index (χ1n) is 11.6. The number of sulfonamides is 1. The monoisotopic (exact) mass is 488 g/mol. The number of hydrogen-bond acceptors (Lipinski definition) is 6. The van der Waals surface area contributed by atoms with Crippen molar-refractivity contribution in [2.75, 3.05) is 33.0 Å². The number of hydrogen-bond donors (Lipinski definition) is 2. The molecule has 3 aliphatic rings. The molecule has 2 N–H and O–H groups in total. The van der Waals surface area contributed by atoms with Crippen LogP contribution in [0.4, 0.5) is 0 Å². The van der Waals surface area contributed by atoms with Gasteiger partial charge in [0.2, 0.25) is 22.7 Å². The fourth-order valence-corrected chi connectivity index (χ4v) is 6.16. The first kappa shape index (κ1) is 22.7. The molecule has 1 aromatic carbocycles. The minimum Gasteiger partial charge on any atom is -0.454 e. The van der Waals surface area contributed by atoms with Crippen molar-refractivity contribution >= 4 is 21.8 Å². The van der Waals surface area contributed by atoms with Crippen LogP contribution < -0.4 is 14.8 Å². The fraction of sp³-hybridized carbons (Fsp3) is 0.478. The molecular weight excluding hydrogens is 460 g/mol. The van der Waals surface area contributed by atoms with Crippen LogP contribution in [0.5, 0.6) is 11.5 Å². The Bertz CT molecular complexity index is 1190. The number of aromatic amines is 1. The molecule has 4 heterocycles. The Balaban J connectivity index is 1.21. The van der Waals surface area contributed by atoms with Crippen molar-refractivity contribution in [2.24, 2.45) is 5.92 Å². The summed E-state index contributed by atoms with van der Waals surface area (Å²) in [6.07, 6.45) is 4.49. The number of benzene rings is 1. The van der Waals surface area contributed by atoms with Gasteiger partial charge in [-0.1, -0.05) is 6.07 Å².